The highest BCUT2D eigenvalue weighted by molar-refractivity contribution is 6.30. The van der Waals surface area contributed by atoms with Gasteiger partial charge in [-0.3, -0.25) is 4.79 Å². The molecule has 0 radical (unpaired) electrons. The van der Waals surface area contributed by atoms with E-state index >= 15 is 0 Å². The van der Waals surface area contributed by atoms with Gasteiger partial charge in [0.25, 0.3) is 0 Å². The molecule has 4 rings (SSSR count). The maximum atomic E-state index is 12.7. The summed E-state index contributed by atoms with van der Waals surface area (Å²) in [5.41, 5.74) is 1.78. The Labute approximate surface area is 168 Å². The smallest absolute Gasteiger partial charge is 0.318 e. The Morgan fingerprint density at radius 3 is 2.50 bits per heavy atom. The van der Waals surface area contributed by atoms with E-state index in [0.717, 1.165) is 37.1 Å². The number of carbonyl (C=O) groups is 1. The molecule has 7 heteroatoms. The minimum atomic E-state index is -0.496. The number of halogens is 1. The van der Waals surface area contributed by atoms with Gasteiger partial charge < -0.3 is 14.6 Å². The van der Waals surface area contributed by atoms with Crippen molar-refractivity contribution in [2.24, 2.45) is 0 Å². The molecule has 1 amide bonds. The Bertz CT molecular complexity index is 921. The van der Waals surface area contributed by atoms with Crippen LogP contribution in [0, 0.1) is 0 Å². The third-order valence-electron chi connectivity index (χ3n) is 4.77. The Morgan fingerprint density at radius 2 is 1.79 bits per heavy atom. The molecular weight excluding hydrogens is 376 g/mol. The molecule has 0 bridgehead atoms. The second kappa shape index (κ2) is 8.44. The minimum absolute atomic E-state index is 0.128. The van der Waals surface area contributed by atoms with Crippen LogP contribution >= 0.6 is 11.6 Å². The molecule has 1 saturated heterocycles. The summed E-state index contributed by atoms with van der Waals surface area (Å²) in [7, 11) is 0. The number of nitrogens with one attached hydrogen (secondary N) is 1. The number of hydrogen-bond acceptors (Lipinski definition) is 5. The first kappa shape index (κ1) is 18.5. The predicted octanol–water partition coefficient (Wildman–Crippen LogP) is 3.77. The van der Waals surface area contributed by atoms with Crippen LogP contribution in [0.15, 0.2) is 59.0 Å². The van der Waals surface area contributed by atoms with E-state index in [1.54, 1.807) is 12.1 Å². The lowest BCUT2D eigenvalue weighted by molar-refractivity contribution is -0.121. The zero-order valence-electron chi connectivity index (χ0n) is 15.3. The van der Waals surface area contributed by atoms with E-state index in [2.05, 4.69) is 20.4 Å². The molecule has 1 unspecified atom stereocenters. The quantitative estimate of drug-likeness (QED) is 0.686. The second-order valence-corrected chi connectivity index (χ2v) is 7.27. The number of benzene rings is 2. The first-order chi connectivity index (χ1) is 13.7. The van der Waals surface area contributed by atoms with E-state index in [4.69, 9.17) is 16.0 Å². The fraction of sp³-hybridized carbons (Fsp3) is 0.286. The molecule has 144 valence electrons. The van der Waals surface area contributed by atoms with Crippen molar-refractivity contribution in [3.05, 3.63) is 76.6 Å². The summed E-state index contributed by atoms with van der Waals surface area (Å²) in [6.45, 7) is 1.83. The molecule has 0 spiro atoms. The second-order valence-electron chi connectivity index (χ2n) is 6.83. The van der Waals surface area contributed by atoms with E-state index in [-0.39, 0.29) is 12.3 Å². The van der Waals surface area contributed by atoms with E-state index in [0.29, 0.717) is 16.9 Å². The monoisotopic (exact) mass is 396 g/mol. The Balaban J connectivity index is 1.54. The van der Waals surface area contributed by atoms with Gasteiger partial charge in [-0.15, -0.1) is 5.10 Å². The van der Waals surface area contributed by atoms with Crippen LogP contribution in [0.4, 0.5) is 6.01 Å². The van der Waals surface area contributed by atoms with Crippen LogP contribution in [-0.4, -0.2) is 29.2 Å². The van der Waals surface area contributed by atoms with Crippen LogP contribution in [0.2, 0.25) is 5.02 Å². The van der Waals surface area contributed by atoms with Crippen LogP contribution in [0.3, 0.4) is 0 Å². The Kier molecular flexibility index (Phi) is 5.58. The van der Waals surface area contributed by atoms with Gasteiger partial charge >= 0.3 is 6.01 Å². The molecule has 1 N–H and O–H groups in total. The minimum Gasteiger partial charge on any atom is -0.405 e. The molecule has 2 aromatic carbocycles. The zero-order valence-corrected chi connectivity index (χ0v) is 16.1. The number of nitrogens with zero attached hydrogens (tertiary/aromatic N) is 3. The number of hydrogen-bond donors (Lipinski definition) is 1. The number of aromatic nitrogens is 2. The van der Waals surface area contributed by atoms with Crippen molar-refractivity contribution in [2.45, 2.75) is 25.3 Å². The van der Waals surface area contributed by atoms with Gasteiger partial charge in [0.2, 0.25) is 11.8 Å². The van der Waals surface area contributed by atoms with Crippen LogP contribution in [0.1, 0.15) is 35.9 Å². The molecule has 3 aromatic rings. The largest absolute Gasteiger partial charge is 0.405 e. The molecule has 28 heavy (non-hydrogen) atoms. The zero-order chi connectivity index (χ0) is 19.3. The van der Waals surface area contributed by atoms with Crippen molar-refractivity contribution in [3.8, 4) is 0 Å². The molecule has 1 aliphatic heterocycles. The van der Waals surface area contributed by atoms with Crippen LogP contribution in [-0.2, 0) is 11.2 Å². The van der Waals surface area contributed by atoms with E-state index in [1.807, 2.05) is 42.5 Å². The number of carbonyl (C=O) groups excluding carboxylic acids is 1. The maximum Gasteiger partial charge on any atom is 0.318 e. The first-order valence-corrected chi connectivity index (χ1v) is 9.74. The first-order valence-electron chi connectivity index (χ1n) is 9.36. The summed E-state index contributed by atoms with van der Waals surface area (Å²) in [5.74, 6) is 0.259. The maximum absolute atomic E-state index is 12.7. The number of amides is 1. The topological polar surface area (TPSA) is 71.3 Å². The summed E-state index contributed by atoms with van der Waals surface area (Å²) >= 11 is 5.92. The number of rotatable bonds is 6. The third kappa shape index (κ3) is 4.34. The van der Waals surface area contributed by atoms with Crippen LogP contribution < -0.4 is 10.2 Å². The van der Waals surface area contributed by atoms with Crippen molar-refractivity contribution in [2.75, 3.05) is 18.0 Å². The highest BCUT2D eigenvalue weighted by atomic mass is 35.5. The highest BCUT2D eigenvalue weighted by Crippen LogP contribution is 2.25. The summed E-state index contributed by atoms with van der Waals surface area (Å²) in [4.78, 5) is 14.8. The lowest BCUT2D eigenvalue weighted by Crippen LogP contribution is -2.30. The van der Waals surface area contributed by atoms with E-state index in [9.17, 15) is 4.79 Å². The summed E-state index contributed by atoms with van der Waals surface area (Å²) in [6, 6.07) is 16.9. The summed E-state index contributed by atoms with van der Waals surface area (Å²) in [6.07, 6.45) is 2.49. The van der Waals surface area contributed by atoms with Crippen molar-refractivity contribution >= 4 is 23.5 Å². The molecule has 0 saturated carbocycles. The standard InChI is InChI=1S/C21H21ClN4O2/c22-17-10-8-15(9-11-17)14-18(27)23-19(16-6-2-1-3-7-16)20-24-25-21(28-20)26-12-4-5-13-26/h1-3,6-11,19H,4-5,12-14H2,(H,23,27). The van der Waals surface area contributed by atoms with Crippen LogP contribution in [0.5, 0.6) is 0 Å². The third-order valence-corrected chi connectivity index (χ3v) is 5.02. The van der Waals surface area contributed by atoms with Gasteiger partial charge in [-0.2, -0.15) is 0 Å². The van der Waals surface area contributed by atoms with Crippen LogP contribution in [0.25, 0.3) is 0 Å². The number of anilines is 1. The van der Waals surface area contributed by atoms with Crippen molar-refractivity contribution in [1.29, 1.82) is 0 Å². The van der Waals surface area contributed by atoms with Gasteiger partial charge in [-0.1, -0.05) is 59.2 Å². The molecular formula is C21H21ClN4O2. The molecule has 0 aliphatic carbocycles. The fourth-order valence-corrected chi connectivity index (χ4v) is 3.44. The molecule has 6 nitrogen and oxygen atoms in total. The average molecular weight is 397 g/mol. The van der Waals surface area contributed by atoms with Crippen molar-refractivity contribution in [3.63, 3.8) is 0 Å². The molecule has 1 atom stereocenters. The Hall–Kier alpha value is -2.86. The normalized spacial score (nSPS) is 14.8. The molecule has 1 aliphatic rings. The van der Waals surface area contributed by atoms with Gasteiger partial charge in [0.05, 0.1) is 6.42 Å². The molecule has 1 aromatic heterocycles. The highest BCUT2D eigenvalue weighted by Gasteiger charge is 2.25. The molecule has 1 fully saturated rings. The molecule has 2 heterocycles. The predicted molar refractivity (Wildman–Crippen MR) is 107 cm³/mol. The average Bonchev–Trinajstić information content (AvgIpc) is 3.40. The lowest BCUT2D eigenvalue weighted by atomic mass is 10.1. The van der Waals surface area contributed by atoms with E-state index in [1.165, 1.54) is 0 Å². The van der Waals surface area contributed by atoms with Gasteiger partial charge in [0.1, 0.15) is 6.04 Å². The summed E-state index contributed by atoms with van der Waals surface area (Å²) < 4.78 is 5.92. The van der Waals surface area contributed by atoms with Gasteiger partial charge in [-0.25, -0.2) is 0 Å². The van der Waals surface area contributed by atoms with Gasteiger partial charge in [0.15, 0.2) is 0 Å². The van der Waals surface area contributed by atoms with Crippen molar-refractivity contribution < 1.29 is 9.21 Å². The van der Waals surface area contributed by atoms with E-state index < -0.39 is 6.04 Å². The summed E-state index contributed by atoms with van der Waals surface area (Å²) in [5, 5.41) is 12.1. The van der Waals surface area contributed by atoms with Crippen molar-refractivity contribution in [1.82, 2.24) is 15.5 Å². The van der Waals surface area contributed by atoms with Gasteiger partial charge in [0, 0.05) is 18.1 Å². The lowest BCUT2D eigenvalue weighted by Gasteiger charge is -2.16. The Morgan fingerprint density at radius 1 is 1.07 bits per heavy atom. The SMILES string of the molecule is O=C(Cc1ccc(Cl)cc1)NC(c1ccccc1)c1nnc(N2CCCC2)o1. The van der Waals surface area contributed by atoms with Gasteiger partial charge in [-0.05, 0) is 36.1 Å². The fourth-order valence-electron chi connectivity index (χ4n) is 3.31.